The first-order valence-electron chi connectivity index (χ1n) is 6.07. The van der Waals surface area contributed by atoms with Gasteiger partial charge in [0, 0.05) is 6.54 Å². The van der Waals surface area contributed by atoms with Gasteiger partial charge in [0.05, 0.1) is 0 Å². The number of hydrogen-bond acceptors (Lipinski definition) is 3. The van der Waals surface area contributed by atoms with E-state index >= 15 is 0 Å². The van der Waals surface area contributed by atoms with Crippen LogP contribution in [0.15, 0.2) is 46.9 Å². The molecule has 1 aromatic heterocycles. The number of para-hydroxylation sites is 2. The maximum atomic E-state index is 13.2. The number of rotatable bonds is 3. The molecule has 4 heteroatoms. The molecular weight excluding hydrogens is 243 g/mol. The van der Waals surface area contributed by atoms with Crippen molar-refractivity contribution in [1.29, 1.82) is 0 Å². The highest BCUT2D eigenvalue weighted by Crippen LogP contribution is 2.19. The first-order valence-corrected chi connectivity index (χ1v) is 6.07. The quantitative estimate of drug-likeness (QED) is 0.772. The Hall–Kier alpha value is -2.36. The summed E-state index contributed by atoms with van der Waals surface area (Å²) in [5.41, 5.74) is 3.19. The number of nitrogens with one attached hydrogen (secondary N) is 1. The van der Waals surface area contributed by atoms with Gasteiger partial charge in [-0.3, -0.25) is 0 Å². The third-order valence-electron chi connectivity index (χ3n) is 2.96. The van der Waals surface area contributed by atoms with E-state index in [1.807, 2.05) is 30.3 Å². The van der Waals surface area contributed by atoms with Crippen LogP contribution in [0.1, 0.15) is 11.1 Å². The van der Waals surface area contributed by atoms with E-state index in [1.165, 1.54) is 6.07 Å². The fourth-order valence-electron chi connectivity index (χ4n) is 1.94. The van der Waals surface area contributed by atoms with Gasteiger partial charge >= 0.3 is 0 Å². The van der Waals surface area contributed by atoms with Crippen molar-refractivity contribution in [2.75, 3.05) is 5.32 Å². The highest BCUT2D eigenvalue weighted by atomic mass is 19.1. The van der Waals surface area contributed by atoms with Crippen LogP contribution in [0.3, 0.4) is 0 Å². The number of anilines is 1. The van der Waals surface area contributed by atoms with Gasteiger partial charge in [0.15, 0.2) is 5.58 Å². The lowest BCUT2D eigenvalue weighted by atomic mass is 10.1. The van der Waals surface area contributed by atoms with Gasteiger partial charge in [-0.2, -0.15) is 4.98 Å². The second-order valence-electron chi connectivity index (χ2n) is 4.42. The third-order valence-corrected chi connectivity index (χ3v) is 2.96. The Morgan fingerprint density at radius 1 is 1.21 bits per heavy atom. The van der Waals surface area contributed by atoms with Crippen LogP contribution >= 0.6 is 0 Å². The van der Waals surface area contributed by atoms with Crippen LogP contribution in [0.2, 0.25) is 0 Å². The van der Waals surface area contributed by atoms with Crippen LogP contribution < -0.4 is 5.32 Å². The number of hydrogen-bond donors (Lipinski definition) is 1. The molecule has 1 N–H and O–H groups in total. The molecule has 0 saturated heterocycles. The zero-order chi connectivity index (χ0) is 13.2. The Morgan fingerprint density at radius 2 is 2.05 bits per heavy atom. The summed E-state index contributed by atoms with van der Waals surface area (Å²) in [5.74, 6) is -0.189. The highest BCUT2D eigenvalue weighted by molar-refractivity contribution is 5.74. The maximum Gasteiger partial charge on any atom is 0.295 e. The summed E-state index contributed by atoms with van der Waals surface area (Å²) in [6.07, 6.45) is 0. The Labute approximate surface area is 110 Å². The zero-order valence-corrected chi connectivity index (χ0v) is 10.5. The molecule has 0 radical (unpaired) electrons. The topological polar surface area (TPSA) is 38.1 Å². The number of halogens is 1. The van der Waals surface area contributed by atoms with Gasteiger partial charge < -0.3 is 9.73 Å². The predicted molar refractivity (Wildman–Crippen MR) is 72.5 cm³/mol. The lowest BCUT2D eigenvalue weighted by Gasteiger charge is -2.03. The average molecular weight is 256 g/mol. The van der Waals surface area contributed by atoms with E-state index in [4.69, 9.17) is 4.42 Å². The van der Waals surface area contributed by atoms with Gasteiger partial charge in [0.25, 0.3) is 6.01 Å². The van der Waals surface area contributed by atoms with E-state index in [2.05, 4.69) is 10.3 Å². The fourth-order valence-corrected chi connectivity index (χ4v) is 1.94. The van der Waals surface area contributed by atoms with E-state index in [9.17, 15) is 4.39 Å². The summed E-state index contributed by atoms with van der Waals surface area (Å²) in [7, 11) is 0. The van der Waals surface area contributed by atoms with Crippen LogP contribution in [0.4, 0.5) is 10.4 Å². The first-order chi connectivity index (χ1) is 9.22. The summed E-state index contributed by atoms with van der Waals surface area (Å²) in [5, 5.41) is 3.10. The number of aromatic nitrogens is 1. The van der Waals surface area contributed by atoms with Crippen molar-refractivity contribution in [2.24, 2.45) is 0 Å². The van der Waals surface area contributed by atoms with Crippen molar-refractivity contribution in [3.63, 3.8) is 0 Å². The molecule has 0 unspecified atom stereocenters. The molecule has 0 spiro atoms. The molecule has 3 nitrogen and oxygen atoms in total. The normalized spacial score (nSPS) is 10.8. The van der Waals surface area contributed by atoms with Crippen LogP contribution in [0.25, 0.3) is 11.1 Å². The third kappa shape index (κ3) is 2.42. The molecule has 3 aromatic rings. The minimum atomic E-state index is -0.189. The molecule has 19 heavy (non-hydrogen) atoms. The van der Waals surface area contributed by atoms with Crippen molar-refractivity contribution in [3.05, 3.63) is 59.4 Å². The molecule has 0 amide bonds. The zero-order valence-electron chi connectivity index (χ0n) is 10.5. The summed E-state index contributed by atoms with van der Waals surface area (Å²) in [6.45, 7) is 2.30. The SMILES string of the molecule is Cc1cc(CNc2nc3ccccc3o2)ccc1F. The van der Waals surface area contributed by atoms with Gasteiger partial charge in [0.1, 0.15) is 11.3 Å². The molecule has 1 heterocycles. The highest BCUT2D eigenvalue weighted by Gasteiger charge is 2.05. The molecule has 0 atom stereocenters. The summed E-state index contributed by atoms with van der Waals surface area (Å²) >= 11 is 0. The van der Waals surface area contributed by atoms with Gasteiger partial charge in [-0.1, -0.05) is 24.3 Å². The van der Waals surface area contributed by atoms with Crippen LogP contribution in [0.5, 0.6) is 0 Å². The Kier molecular flexibility index (Phi) is 2.91. The maximum absolute atomic E-state index is 13.2. The minimum absolute atomic E-state index is 0.189. The Morgan fingerprint density at radius 3 is 2.84 bits per heavy atom. The van der Waals surface area contributed by atoms with Crippen molar-refractivity contribution in [2.45, 2.75) is 13.5 Å². The molecule has 96 valence electrons. The molecule has 0 saturated carbocycles. The first kappa shape index (κ1) is 11.7. The Balaban J connectivity index is 1.76. The average Bonchev–Trinajstić information content (AvgIpc) is 2.83. The van der Waals surface area contributed by atoms with Crippen LogP contribution in [-0.2, 0) is 6.54 Å². The molecule has 0 bridgehead atoms. The smallest absolute Gasteiger partial charge is 0.295 e. The summed E-state index contributed by atoms with van der Waals surface area (Å²) < 4.78 is 18.7. The van der Waals surface area contributed by atoms with Gasteiger partial charge in [-0.15, -0.1) is 0 Å². The molecule has 0 aliphatic carbocycles. The summed E-state index contributed by atoms with van der Waals surface area (Å²) in [4.78, 5) is 4.32. The molecule has 2 aromatic carbocycles. The summed E-state index contributed by atoms with van der Waals surface area (Å²) in [6, 6.07) is 13.1. The lowest BCUT2D eigenvalue weighted by Crippen LogP contribution is -2.00. The van der Waals surface area contributed by atoms with E-state index in [-0.39, 0.29) is 5.82 Å². The molecule has 0 aliphatic heterocycles. The lowest BCUT2D eigenvalue weighted by molar-refractivity contribution is 0.612. The number of aryl methyl sites for hydroxylation is 1. The Bertz CT molecular complexity index is 688. The number of benzene rings is 2. The molecular formula is C15H13FN2O. The molecule has 3 rings (SSSR count). The van der Waals surface area contributed by atoms with Gasteiger partial charge in [0.2, 0.25) is 0 Å². The van der Waals surface area contributed by atoms with E-state index < -0.39 is 0 Å². The number of oxazole rings is 1. The second kappa shape index (κ2) is 4.72. The predicted octanol–water partition coefficient (Wildman–Crippen LogP) is 3.89. The number of nitrogens with zero attached hydrogens (tertiary/aromatic N) is 1. The van der Waals surface area contributed by atoms with Gasteiger partial charge in [-0.05, 0) is 36.2 Å². The fraction of sp³-hybridized carbons (Fsp3) is 0.133. The molecule has 0 aliphatic rings. The van der Waals surface area contributed by atoms with E-state index in [1.54, 1.807) is 13.0 Å². The van der Waals surface area contributed by atoms with Crippen LogP contribution in [0, 0.1) is 12.7 Å². The monoisotopic (exact) mass is 256 g/mol. The number of fused-ring (bicyclic) bond motifs is 1. The van der Waals surface area contributed by atoms with Crippen molar-refractivity contribution < 1.29 is 8.81 Å². The van der Waals surface area contributed by atoms with Crippen molar-refractivity contribution >= 4 is 17.1 Å². The van der Waals surface area contributed by atoms with E-state index in [0.29, 0.717) is 18.1 Å². The largest absolute Gasteiger partial charge is 0.424 e. The van der Waals surface area contributed by atoms with Gasteiger partial charge in [-0.25, -0.2) is 4.39 Å². The molecule has 0 fully saturated rings. The van der Waals surface area contributed by atoms with Crippen molar-refractivity contribution in [1.82, 2.24) is 4.98 Å². The van der Waals surface area contributed by atoms with E-state index in [0.717, 1.165) is 16.7 Å². The standard InChI is InChI=1S/C15H13FN2O/c1-10-8-11(6-7-12(10)16)9-17-15-18-13-4-2-3-5-14(13)19-15/h2-8H,9H2,1H3,(H,17,18). The van der Waals surface area contributed by atoms with Crippen LogP contribution in [-0.4, -0.2) is 4.98 Å². The van der Waals surface area contributed by atoms with Crippen molar-refractivity contribution in [3.8, 4) is 0 Å². The second-order valence-corrected chi connectivity index (χ2v) is 4.42. The minimum Gasteiger partial charge on any atom is -0.424 e.